The molecular formula is C16H26N2O3S. The van der Waals surface area contributed by atoms with E-state index in [4.69, 9.17) is 0 Å². The van der Waals surface area contributed by atoms with Crippen molar-refractivity contribution >= 4 is 23.3 Å². The molecule has 0 bridgehead atoms. The third-order valence-corrected chi connectivity index (χ3v) is 4.70. The van der Waals surface area contributed by atoms with Crippen molar-refractivity contribution < 1.29 is 15.0 Å². The molecule has 22 heavy (non-hydrogen) atoms. The Kier molecular flexibility index (Phi) is 6.28. The molecule has 1 heterocycles. The van der Waals surface area contributed by atoms with Gasteiger partial charge in [-0.3, -0.25) is 4.79 Å². The van der Waals surface area contributed by atoms with Gasteiger partial charge in [-0.15, -0.1) is 11.3 Å². The molecule has 0 aliphatic carbocycles. The van der Waals surface area contributed by atoms with Crippen LogP contribution in [0.25, 0.3) is 6.08 Å². The second-order valence-corrected chi connectivity index (χ2v) is 8.03. The quantitative estimate of drug-likeness (QED) is 0.783. The summed E-state index contributed by atoms with van der Waals surface area (Å²) in [5.41, 5.74) is -0.691. The van der Waals surface area contributed by atoms with Crippen LogP contribution in [0.4, 0.5) is 0 Å². The largest absolute Gasteiger partial charge is 0.396 e. The maximum Gasteiger partial charge on any atom is 0.246 e. The topological polar surface area (TPSA) is 73.7 Å². The van der Waals surface area contributed by atoms with Gasteiger partial charge in [0.1, 0.15) is 0 Å². The normalized spacial score (nSPS) is 12.9. The minimum absolute atomic E-state index is 0.00161. The van der Waals surface area contributed by atoms with E-state index in [2.05, 4.69) is 25.8 Å². The highest BCUT2D eigenvalue weighted by Gasteiger charge is 2.25. The second kappa shape index (κ2) is 7.35. The molecule has 1 rings (SSSR count). The Balaban J connectivity index is 2.70. The van der Waals surface area contributed by atoms with Crippen LogP contribution < -0.4 is 0 Å². The van der Waals surface area contributed by atoms with Crippen LogP contribution in [-0.4, -0.2) is 52.8 Å². The van der Waals surface area contributed by atoms with Gasteiger partial charge in [0.25, 0.3) is 0 Å². The minimum Gasteiger partial charge on any atom is -0.396 e. The molecule has 0 aliphatic rings. The van der Waals surface area contributed by atoms with Gasteiger partial charge in [-0.25, -0.2) is 4.98 Å². The fourth-order valence-electron chi connectivity index (χ4n) is 1.79. The number of amides is 1. The van der Waals surface area contributed by atoms with E-state index >= 15 is 0 Å². The molecule has 0 aromatic carbocycles. The van der Waals surface area contributed by atoms with Gasteiger partial charge in [-0.1, -0.05) is 27.7 Å². The summed E-state index contributed by atoms with van der Waals surface area (Å²) in [5.74, 6) is -0.168. The number of aliphatic hydroxyl groups excluding tert-OH is 2. The number of aromatic nitrogens is 1. The van der Waals surface area contributed by atoms with Gasteiger partial charge in [0.2, 0.25) is 5.91 Å². The van der Waals surface area contributed by atoms with E-state index < -0.39 is 5.41 Å². The van der Waals surface area contributed by atoms with Crippen LogP contribution in [0.15, 0.2) is 12.3 Å². The van der Waals surface area contributed by atoms with E-state index in [1.54, 1.807) is 37.6 Å². The minimum atomic E-state index is -0.692. The Bertz CT molecular complexity index is 528. The van der Waals surface area contributed by atoms with Gasteiger partial charge < -0.3 is 15.1 Å². The van der Waals surface area contributed by atoms with Gasteiger partial charge in [-0.05, 0) is 6.08 Å². The molecule has 0 aliphatic heterocycles. The molecule has 124 valence electrons. The zero-order chi connectivity index (χ0) is 17.0. The number of carbonyl (C=O) groups excluding carboxylic acids is 1. The first-order valence-corrected chi connectivity index (χ1v) is 8.04. The zero-order valence-corrected chi connectivity index (χ0v) is 14.8. The summed E-state index contributed by atoms with van der Waals surface area (Å²) in [5, 5.41) is 19.6. The predicted molar refractivity (Wildman–Crippen MR) is 89.8 cm³/mol. The average Bonchev–Trinajstić information content (AvgIpc) is 2.93. The molecule has 1 amide bonds. The first kappa shape index (κ1) is 18.8. The summed E-state index contributed by atoms with van der Waals surface area (Å²) in [6.07, 6.45) is 5.01. The van der Waals surface area contributed by atoms with Crippen LogP contribution in [-0.2, 0) is 10.2 Å². The third-order valence-electron chi connectivity index (χ3n) is 3.31. The van der Waals surface area contributed by atoms with Crippen molar-refractivity contribution in [2.24, 2.45) is 5.41 Å². The van der Waals surface area contributed by atoms with Crippen molar-refractivity contribution in [2.75, 3.05) is 26.8 Å². The summed E-state index contributed by atoms with van der Waals surface area (Å²) >= 11 is 1.57. The molecule has 2 N–H and O–H groups in total. The smallest absolute Gasteiger partial charge is 0.246 e. The molecule has 1 aromatic heterocycles. The number of aliphatic hydroxyl groups is 2. The van der Waals surface area contributed by atoms with Crippen LogP contribution in [0.5, 0.6) is 0 Å². The van der Waals surface area contributed by atoms with Crippen molar-refractivity contribution in [1.29, 1.82) is 0 Å². The van der Waals surface area contributed by atoms with Crippen LogP contribution in [0.1, 0.15) is 37.6 Å². The lowest BCUT2D eigenvalue weighted by Gasteiger charge is -2.29. The number of hydrogen-bond acceptors (Lipinski definition) is 5. The number of rotatable bonds is 6. The molecule has 6 heteroatoms. The summed E-state index contributed by atoms with van der Waals surface area (Å²) in [6, 6.07) is 0. The number of thiazole rings is 1. The van der Waals surface area contributed by atoms with Crippen LogP contribution >= 0.6 is 11.3 Å². The Morgan fingerprint density at radius 3 is 2.36 bits per heavy atom. The van der Waals surface area contributed by atoms with Crippen LogP contribution in [0.3, 0.4) is 0 Å². The van der Waals surface area contributed by atoms with E-state index in [0.717, 1.165) is 9.88 Å². The number of carbonyl (C=O) groups is 1. The highest BCUT2D eigenvalue weighted by atomic mass is 32.1. The molecule has 0 fully saturated rings. The molecule has 0 atom stereocenters. The Labute approximate surface area is 136 Å². The SMILES string of the molecule is CN(CC(C)(CO)CO)C(=O)/C=C/c1cnc(C(C)(C)C)s1. The Morgan fingerprint density at radius 2 is 1.91 bits per heavy atom. The summed E-state index contributed by atoms with van der Waals surface area (Å²) in [4.78, 5) is 18.9. The first-order chi connectivity index (χ1) is 10.1. The summed E-state index contributed by atoms with van der Waals surface area (Å²) in [7, 11) is 1.66. The lowest BCUT2D eigenvalue weighted by atomic mass is 9.92. The molecule has 1 aromatic rings. The highest BCUT2D eigenvalue weighted by Crippen LogP contribution is 2.27. The van der Waals surface area contributed by atoms with Crippen molar-refractivity contribution in [3.05, 3.63) is 22.2 Å². The maximum absolute atomic E-state index is 12.1. The van der Waals surface area contributed by atoms with Gasteiger partial charge in [-0.2, -0.15) is 0 Å². The molecular weight excluding hydrogens is 300 g/mol. The van der Waals surface area contributed by atoms with Crippen molar-refractivity contribution in [2.45, 2.75) is 33.1 Å². The van der Waals surface area contributed by atoms with Crippen molar-refractivity contribution in [3.63, 3.8) is 0 Å². The Hall–Kier alpha value is -1.24. The fraction of sp³-hybridized carbons (Fsp3) is 0.625. The zero-order valence-electron chi connectivity index (χ0n) is 14.0. The van der Waals surface area contributed by atoms with Gasteiger partial charge >= 0.3 is 0 Å². The van der Waals surface area contributed by atoms with E-state index in [-0.39, 0.29) is 24.5 Å². The number of nitrogens with zero attached hydrogens (tertiary/aromatic N) is 2. The molecule has 0 radical (unpaired) electrons. The standard InChI is InChI=1S/C16H26N2O3S/c1-15(2,3)14-17-8-12(22-14)6-7-13(21)18(5)9-16(4,10-19)11-20/h6-8,19-20H,9-11H2,1-5H3/b7-6+. The van der Waals surface area contributed by atoms with Crippen molar-refractivity contribution in [1.82, 2.24) is 9.88 Å². The fourth-order valence-corrected chi connectivity index (χ4v) is 2.67. The van der Waals surface area contributed by atoms with Crippen LogP contribution in [0.2, 0.25) is 0 Å². The molecule has 0 saturated carbocycles. The summed E-state index contributed by atoms with van der Waals surface area (Å²) in [6.45, 7) is 7.98. The van der Waals surface area contributed by atoms with Gasteiger partial charge in [0.15, 0.2) is 0 Å². The summed E-state index contributed by atoms with van der Waals surface area (Å²) < 4.78 is 0. The van der Waals surface area contributed by atoms with Crippen molar-refractivity contribution in [3.8, 4) is 0 Å². The lowest BCUT2D eigenvalue weighted by molar-refractivity contribution is -0.126. The highest BCUT2D eigenvalue weighted by molar-refractivity contribution is 7.12. The van der Waals surface area contributed by atoms with E-state index in [0.29, 0.717) is 6.54 Å². The Morgan fingerprint density at radius 1 is 1.32 bits per heavy atom. The first-order valence-electron chi connectivity index (χ1n) is 7.22. The second-order valence-electron chi connectivity index (χ2n) is 6.97. The molecule has 5 nitrogen and oxygen atoms in total. The van der Waals surface area contributed by atoms with E-state index in [9.17, 15) is 15.0 Å². The third kappa shape index (κ3) is 5.19. The number of likely N-dealkylation sites (N-methyl/N-ethyl adjacent to an activating group) is 1. The van der Waals surface area contributed by atoms with E-state index in [1.807, 2.05) is 0 Å². The van der Waals surface area contributed by atoms with Gasteiger partial charge in [0.05, 0.1) is 18.2 Å². The number of hydrogen-bond donors (Lipinski definition) is 2. The molecule has 0 spiro atoms. The predicted octanol–water partition coefficient (Wildman–Crippen LogP) is 1.90. The molecule has 0 saturated heterocycles. The van der Waals surface area contributed by atoms with E-state index in [1.165, 1.54) is 11.0 Å². The van der Waals surface area contributed by atoms with Crippen LogP contribution in [0, 0.1) is 5.41 Å². The van der Waals surface area contributed by atoms with Gasteiger partial charge in [0, 0.05) is 41.6 Å². The monoisotopic (exact) mass is 326 g/mol. The lowest BCUT2D eigenvalue weighted by Crippen LogP contribution is -2.41. The average molecular weight is 326 g/mol. The maximum atomic E-state index is 12.1. The molecule has 0 unspecified atom stereocenters.